The van der Waals surface area contributed by atoms with Gasteiger partial charge in [-0.2, -0.15) is 0 Å². The molecule has 0 aromatic rings. The second kappa shape index (κ2) is 6.04. The van der Waals surface area contributed by atoms with Crippen molar-refractivity contribution in [3.8, 4) is 0 Å². The molecule has 0 spiro atoms. The lowest BCUT2D eigenvalue weighted by atomic mass is 9.67. The Kier molecular flexibility index (Phi) is 3.96. The van der Waals surface area contributed by atoms with Gasteiger partial charge in [-0.15, -0.1) is 0 Å². The minimum atomic E-state index is 0.120. The van der Waals surface area contributed by atoms with Crippen LogP contribution in [0.5, 0.6) is 0 Å². The summed E-state index contributed by atoms with van der Waals surface area (Å²) in [6, 6.07) is 2.31. The van der Waals surface area contributed by atoms with E-state index in [2.05, 4.69) is 21.0 Å². The number of fused-ring (bicyclic) bond motifs is 1. The molecule has 2 saturated carbocycles. The van der Waals surface area contributed by atoms with Gasteiger partial charge in [-0.1, -0.05) is 19.3 Å². The van der Waals surface area contributed by atoms with E-state index < -0.39 is 0 Å². The standard InChI is InChI=1S/C19H32N4O/c20-18-11-21-7-6-19(18,14-4-2-1-3-5-14)23-9-8-22(15-12-24-13-15)16-10-17(16)23/h11,14-18H,1-10,12-13,20H2. The molecule has 4 unspecified atom stereocenters. The molecule has 5 nitrogen and oxygen atoms in total. The lowest BCUT2D eigenvalue weighted by molar-refractivity contribution is -0.0976. The molecule has 0 aromatic carbocycles. The third-order valence-corrected chi connectivity index (χ3v) is 7.57. The van der Waals surface area contributed by atoms with E-state index in [0.29, 0.717) is 6.04 Å². The van der Waals surface area contributed by atoms with E-state index in [1.807, 2.05) is 0 Å². The van der Waals surface area contributed by atoms with Gasteiger partial charge in [0.05, 0.1) is 25.3 Å². The van der Waals surface area contributed by atoms with Crippen molar-refractivity contribution in [2.75, 3.05) is 32.8 Å². The van der Waals surface area contributed by atoms with E-state index in [1.54, 1.807) is 0 Å². The van der Waals surface area contributed by atoms with E-state index >= 15 is 0 Å². The number of ether oxygens (including phenoxy) is 1. The quantitative estimate of drug-likeness (QED) is 0.845. The van der Waals surface area contributed by atoms with Gasteiger partial charge in [-0.25, -0.2) is 0 Å². The van der Waals surface area contributed by atoms with Crippen molar-refractivity contribution < 1.29 is 4.74 Å². The first kappa shape index (κ1) is 15.7. The van der Waals surface area contributed by atoms with E-state index in [-0.39, 0.29) is 11.6 Å². The minimum absolute atomic E-state index is 0.120. The topological polar surface area (TPSA) is 54.1 Å². The Morgan fingerprint density at radius 3 is 2.62 bits per heavy atom. The highest BCUT2D eigenvalue weighted by atomic mass is 16.5. The molecule has 2 saturated heterocycles. The number of nitrogens with zero attached hydrogens (tertiary/aromatic N) is 3. The summed E-state index contributed by atoms with van der Waals surface area (Å²) < 4.78 is 5.44. The maximum absolute atomic E-state index is 6.76. The monoisotopic (exact) mass is 332 g/mol. The highest BCUT2D eigenvalue weighted by molar-refractivity contribution is 5.68. The summed E-state index contributed by atoms with van der Waals surface area (Å²) in [5, 5.41) is 0. The Hall–Kier alpha value is -0.490. The third kappa shape index (κ3) is 2.32. The van der Waals surface area contributed by atoms with Crippen LogP contribution in [0.25, 0.3) is 0 Å². The van der Waals surface area contributed by atoms with Crippen LogP contribution in [0.2, 0.25) is 0 Å². The zero-order chi connectivity index (χ0) is 16.1. The van der Waals surface area contributed by atoms with Gasteiger partial charge in [0.15, 0.2) is 0 Å². The SMILES string of the molecule is NC1C=NCCC1(C1CCCCC1)N1CCN(C2COC2)C2CC21. The van der Waals surface area contributed by atoms with Gasteiger partial charge in [-0.05, 0) is 31.6 Å². The fraction of sp³-hybridized carbons (Fsp3) is 0.947. The molecule has 3 heterocycles. The largest absolute Gasteiger partial charge is 0.378 e. The fourth-order valence-corrected chi connectivity index (χ4v) is 6.18. The Bertz CT molecular complexity index is 502. The van der Waals surface area contributed by atoms with Gasteiger partial charge in [0.2, 0.25) is 0 Å². The molecule has 24 heavy (non-hydrogen) atoms. The van der Waals surface area contributed by atoms with Crippen molar-refractivity contribution in [1.29, 1.82) is 0 Å². The van der Waals surface area contributed by atoms with Crippen molar-refractivity contribution in [3.05, 3.63) is 0 Å². The molecule has 4 fully saturated rings. The molecule has 0 amide bonds. The van der Waals surface area contributed by atoms with E-state index in [9.17, 15) is 0 Å². The third-order valence-electron chi connectivity index (χ3n) is 7.57. The molecule has 4 atom stereocenters. The zero-order valence-corrected chi connectivity index (χ0v) is 14.8. The molecule has 0 radical (unpaired) electrons. The summed E-state index contributed by atoms with van der Waals surface area (Å²) in [7, 11) is 0. The van der Waals surface area contributed by atoms with Crippen molar-refractivity contribution in [2.24, 2.45) is 16.6 Å². The van der Waals surface area contributed by atoms with Crippen LogP contribution in [0.15, 0.2) is 4.99 Å². The lowest BCUT2D eigenvalue weighted by Gasteiger charge is -2.56. The Morgan fingerprint density at radius 1 is 1.08 bits per heavy atom. The first-order valence-electron chi connectivity index (χ1n) is 10.2. The van der Waals surface area contributed by atoms with Gasteiger partial charge >= 0.3 is 0 Å². The van der Waals surface area contributed by atoms with E-state index in [4.69, 9.17) is 10.5 Å². The van der Waals surface area contributed by atoms with Crippen LogP contribution in [-0.4, -0.2) is 78.6 Å². The molecule has 134 valence electrons. The molecule has 2 aliphatic carbocycles. The molecule has 5 heteroatoms. The minimum Gasteiger partial charge on any atom is -0.378 e. The highest BCUT2D eigenvalue weighted by Crippen LogP contribution is 2.49. The second-order valence-corrected chi connectivity index (χ2v) is 8.65. The first-order valence-corrected chi connectivity index (χ1v) is 10.2. The Labute approximate surface area is 145 Å². The number of rotatable bonds is 3. The molecule has 0 aromatic heterocycles. The molecular weight excluding hydrogens is 300 g/mol. The molecule has 0 bridgehead atoms. The number of hydrogen-bond acceptors (Lipinski definition) is 5. The number of hydrogen-bond donors (Lipinski definition) is 1. The zero-order valence-electron chi connectivity index (χ0n) is 14.8. The Balaban J connectivity index is 1.40. The van der Waals surface area contributed by atoms with Crippen LogP contribution in [0.3, 0.4) is 0 Å². The summed E-state index contributed by atoms with van der Waals surface area (Å²) in [5.74, 6) is 0.771. The summed E-state index contributed by atoms with van der Waals surface area (Å²) >= 11 is 0. The molecule has 5 rings (SSSR count). The molecule has 5 aliphatic rings. The predicted molar refractivity (Wildman–Crippen MR) is 95.5 cm³/mol. The smallest absolute Gasteiger partial charge is 0.0645 e. The average molecular weight is 332 g/mol. The molecular formula is C19H32N4O. The fourth-order valence-electron chi connectivity index (χ4n) is 6.18. The van der Waals surface area contributed by atoms with Crippen LogP contribution in [-0.2, 0) is 4.74 Å². The number of nitrogens with two attached hydrogens (primary N) is 1. The van der Waals surface area contributed by atoms with Gasteiger partial charge in [0, 0.05) is 43.5 Å². The normalized spacial score (nSPS) is 45.0. The van der Waals surface area contributed by atoms with Crippen molar-refractivity contribution in [1.82, 2.24) is 9.80 Å². The van der Waals surface area contributed by atoms with E-state index in [1.165, 1.54) is 58.0 Å². The number of piperazine rings is 1. The average Bonchev–Trinajstić information content (AvgIpc) is 3.36. The van der Waals surface area contributed by atoms with Crippen molar-refractivity contribution >= 4 is 6.21 Å². The summed E-state index contributed by atoms with van der Waals surface area (Å²) in [6.07, 6.45) is 11.5. The van der Waals surface area contributed by atoms with Gasteiger partial charge in [0.1, 0.15) is 0 Å². The lowest BCUT2D eigenvalue weighted by Crippen LogP contribution is -2.70. The highest BCUT2D eigenvalue weighted by Gasteiger charge is 2.60. The number of aliphatic imine (C=N–C) groups is 1. The molecule has 3 aliphatic heterocycles. The predicted octanol–water partition coefficient (Wildman–Crippen LogP) is 1.26. The van der Waals surface area contributed by atoms with Crippen LogP contribution in [0.4, 0.5) is 0 Å². The maximum atomic E-state index is 6.76. The van der Waals surface area contributed by atoms with Gasteiger partial charge in [-0.3, -0.25) is 14.8 Å². The van der Waals surface area contributed by atoms with Crippen molar-refractivity contribution in [3.63, 3.8) is 0 Å². The van der Waals surface area contributed by atoms with Crippen LogP contribution >= 0.6 is 0 Å². The maximum Gasteiger partial charge on any atom is 0.0645 e. The first-order chi connectivity index (χ1) is 11.8. The van der Waals surface area contributed by atoms with Crippen LogP contribution in [0, 0.1) is 5.92 Å². The summed E-state index contributed by atoms with van der Waals surface area (Å²) in [6.45, 7) is 5.26. The molecule has 2 N–H and O–H groups in total. The summed E-state index contributed by atoms with van der Waals surface area (Å²) in [4.78, 5) is 10.2. The van der Waals surface area contributed by atoms with E-state index in [0.717, 1.165) is 37.8 Å². The Morgan fingerprint density at radius 2 is 1.92 bits per heavy atom. The van der Waals surface area contributed by atoms with Gasteiger partial charge in [0.25, 0.3) is 0 Å². The van der Waals surface area contributed by atoms with Gasteiger partial charge < -0.3 is 10.5 Å². The van der Waals surface area contributed by atoms with Crippen LogP contribution < -0.4 is 5.73 Å². The second-order valence-electron chi connectivity index (χ2n) is 8.65. The van der Waals surface area contributed by atoms with Crippen molar-refractivity contribution in [2.45, 2.75) is 74.7 Å². The van der Waals surface area contributed by atoms with Crippen LogP contribution in [0.1, 0.15) is 44.9 Å². The summed E-state index contributed by atoms with van der Waals surface area (Å²) in [5.41, 5.74) is 6.95.